The monoisotopic (exact) mass is 419 g/mol. The third kappa shape index (κ3) is 4.02. The number of benzene rings is 2. The molecule has 0 radical (unpaired) electrons. The van der Waals surface area contributed by atoms with E-state index in [0.29, 0.717) is 30.4 Å². The van der Waals surface area contributed by atoms with Crippen molar-refractivity contribution in [1.82, 2.24) is 15.1 Å². The number of carbonyl (C=O) groups excluding carboxylic acids is 2. The van der Waals surface area contributed by atoms with Gasteiger partial charge in [-0.3, -0.25) is 9.69 Å². The first-order chi connectivity index (χ1) is 14.9. The first-order valence-corrected chi connectivity index (χ1v) is 10.7. The molecule has 0 saturated heterocycles. The number of nitrogens with zero attached hydrogens (tertiary/aromatic N) is 2. The number of hydrogen-bond acceptors (Lipinski definition) is 3. The lowest BCUT2D eigenvalue weighted by Gasteiger charge is -2.31. The Balaban J connectivity index is 1.61. The van der Waals surface area contributed by atoms with Crippen LogP contribution in [0.15, 0.2) is 65.9 Å². The van der Waals surface area contributed by atoms with E-state index in [4.69, 9.17) is 4.74 Å². The van der Waals surface area contributed by atoms with Crippen molar-refractivity contribution in [2.75, 3.05) is 13.6 Å². The van der Waals surface area contributed by atoms with Gasteiger partial charge in [0.05, 0.1) is 23.9 Å². The fourth-order valence-corrected chi connectivity index (χ4v) is 4.05. The minimum atomic E-state index is -0.490. The summed E-state index contributed by atoms with van der Waals surface area (Å²) in [7, 11) is 1.72. The van der Waals surface area contributed by atoms with Crippen molar-refractivity contribution in [3.05, 3.63) is 77.0 Å². The van der Waals surface area contributed by atoms with E-state index in [1.165, 1.54) is 0 Å². The summed E-state index contributed by atoms with van der Waals surface area (Å²) < 4.78 is 5.97. The smallest absolute Gasteiger partial charge is 0.322 e. The summed E-state index contributed by atoms with van der Waals surface area (Å²) in [4.78, 5) is 29.5. The van der Waals surface area contributed by atoms with Crippen LogP contribution >= 0.6 is 0 Å². The molecule has 0 aromatic heterocycles. The van der Waals surface area contributed by atoms with Crippen molar-refractivity contribution in [3.63, 3.8) is 0 Å². The van der Waals surface area contributed by atoms with Crippen LogP contribution in [0.4, 0.5) is 4.79 Å². The lowest BCUT2D eigenvalue weighted by molar-refractivity contribution is -0.128. The molecule has 0 spiro atoms. The number of likely N-dealkylation sites (N-methyl/N-ethyl adjacent to an activating group) is 1. The maximum absolute atomic E-state index is 13.4. The predicted molar refractivity (Wildman–Crippen MR) is 119 cm³/mol. The first kappa shape index (κ1) is 21.0. The molecule has 4 rings (SSSR count). The molecule has 0 fully saturated rings. The normalized spacial score (nSPS) is 19.6. The van der Waals surface area contributed by atoms with Crippen molar-refractivity contribution < 1.29 is 14.3 Å². The van der Waals surface area contributed by atoms with E-state index in [9.17, 15) is 9.59 Å². The predicted octanol–water partition coefficient (Wildman–Crippen LogP) is 4.10. The highest BCUT2D eigenvalue weighted by Gasteiger charge is 2.44. The van der Waals surface area contributed by atoms with Crippen LogP contribution in [0.25, 0.3) is 0 Å². The van der Waals surface area contributed by atoms with E-state index in [-0.39, 0.29) is 18.0 Å². The second kappa shape index (κ2) is 8.46. The number of urea groups is 1. The average molecular weight is 420 g/mol. The van der Waals surface area contributed by atoms with E-state index in [2.05, 4.69) is 26.1 Å². The molecule has 2 atom stereocenters. The van der Waals surface area contributed by atoms with Gasteiger partial charge in [-0.2, -0.15) is 0 Å². The number of amides is 3. The largest absolute Gasteiger partial charge is 0.489 e. The average Bonchev–Trinajstić information content (AvgIpc) is 3.12. The summed E-state index contributed by atoms with van der Waals surface area (Å²) >= 11 is 0. The number of ether oxygens (including phenoxy) is 1. The van der Waals surface area contributed by atoms with Gasteiger partial charge in [0, 0.05) is 13.1 Å². The Labute approximate surface area is 183 Å². The highest BCUT2D eigenvalue weighted by atomic mass is 16.5. The maximum atomic E-state index is 13.4. The van der Waals surface area contributed by atoms with Crippen LogP contribution in [0.2, 0.25) is 0 Å². The Hall–Kier alpha value is -3.28. The van der Waals surface area contributed by atoms with Gasteiger partial charge in [-0.1, -0.05) is 56.3 Å². The Morgan fingerprint density at radius 1 is 1.06 bits per heavy atom. The number of hydrogen-bond donors (Lipinski definition) is 1. The van der Waals surface area contributed by atoms with Crippen molar-refractivity contribution in [3.8, 4) is 5.75 Å². The molecule has 0 aliphatic carbocycles. The van der Waals surface area contributed by atoms with Crippen LogP contribution < -0.4 is 10.1 Å². The summed E-state index contributed by atoms with van der Waals surface area (Å²) in [5.41, 5.74) is 3.35. The summed E-state index contributed by atoms with van der Waals surface area (Å²) in [5, 5.41) is 3.00. The van der Waals surface area contributed by atoms with Gasteiger partial charge < -0.3 is 15.0 Å². The van der Waals surface area contributed by atoms with Crippen LogP contribution in [0.3, 0.4) is 0 Å². The highest BCUT2D eigenvalue weighted by Crippen LogP contribution is 2.37. The quantitative estimate of drug-likeness (QED) is 0.767. The SMILES string of the molecule is CC(C)[C@H](C)N1CC2=C(C1=O)[C@H](c1cccc(OCc3ccccc3)c1)NC(=O)N2C. The van der Waals surface area contributed by atoms with E-state index in [1.54, 1.807) is 11.9 Å². The Kier molecular flexibility index (Phi) is 5.72. The molecule has 2 heterocycles. The van der Waals surface area contributed by atoms with Crippen molar-refractivity contribution in [2.24, 2.45) is 5.92 Å². The highest BCUT2D eigenvalue weighted by molar-refractivity contribution is 6.01. The first-order valence-electron chi connectivity index (χ1n) is 10.7. The van der Waals surface area contributed by atoms with Gasteiger partial charge in [-0.15, -0.1) is 0 Å². The molecule has 3 amide bonds. The minimum absolute atomic E-state index is 0.0105. The van der Waals surface area contributed by atoms with E-state index in [1.807, 2.05) is 59.5 Å². The molecule has 0 bridgehead atoms. The fourth-order valence-electron chi connectivity index (χ4n) is 4.05. The summed E-state index contributed by atoms with van der Waals surface area (Å²) in [6.45, 7) is 7.18. The van der Waals surface area contributed by atoms with E-state index in [0.717, 1.165) is 16.8 Å². The zero-order valence-electron chi connectivity index (χ0n) is 18.5. The lowest BCUT2D eigenvalue weighted by Crippen LogP contribution is -2.45. The number of rotatable bonds is 6. The van der Waals surface area contributed by atoms with E-state index < -0.39 is 6.04 Å². The van der Waals surface area contributed by atoms with Crippen LogP contribution in [0, 0.1) is 5.92 Å². The number of nitrogens with one attached hydrogen (secondary N) is 1. The van der Waals surface area contributed by atoms with Crippen molar-refractivity contribution >= 4 is 11.9 Å². The summed E-state index contributed by atoms with van der Waals surface area (Å²) in [6, 6.07) is 17.0. The molecule has 6 heteroatoms. The zero-order valence-corrected chi connectivity index (χ0v) is 18.5. The van der Waals surface area contributed by atoms with Crippen molar-refractivity contribution in [2.45, 2.75) is 39.5 Å². The van der Waals surface area contributed by atoms with Gasteiger partial charge in [-0.05, 0) is 36.1 Å². The van der Waals surface area contributed by atoms with Crippen LogP contribution in [0.5, 0.6) is 5.75 Å². The van der Waals surface area contributed by atoms with Crippen LogP contribution in [-0.2, 0) is 11.4 Å². The molecule has 0 saturated carbocycles. The third-order valence-corrected chi connectivity index (χ3v) is 6.28. The molecule has 6 nitrogen and oxygen atoms in total. The Morgan fingerprint density at radius 3 is 2.52 bits per heavy atom. The maximum Gasteiger partial charge on any atom is 0.322 e. The van der Waals surface area contributed by atoms with Gasteiger partial charge in [0.15, 0.2) is 0 Å². The molecule has 0 unspecified atom stereocenters. The molecule has 2 aromatic rings. The molecule has 2 aliphatic heterocycles. The molecule has 1 N–H and O–H groups in total. The van der Waals surface area contributed by atoms with Crippen LogP contribution in [-0.4, -0.2) is 41.4 Å². The minimum Gasteiger partial charge on any atom is -0.489 e. The Morgan fingerprint density at radius 2 is 1.81 bits per heavy atom. The number of carbonyl (C=O) groups is 2. The second-order valence-corrected chi connectivity index (χ2v) is 8.57. The van der Waals surface area contributed by atoms with E-state index >= 15 is 0 Å². The van der Waals surface area contributed by atoms with Crippen LogP contribution in [0.1, 0.15) is 37.9 Å². The molecule has 2 aromatic carbocycles. The van der Waals surface area contributed by atoms with Gasteiger partial charge in [0.2, 0.25) is 0 Å². The third-order valence-electron chi connectivity index (χ3n) is 6.28. The van der Waals surface area contributed by atoms with Gasteiger partial charge in [0.1, 0.15) is 12.4 Å². The fraction of sp³-hybridized carbons (Fsp3) is 0.360. The van der Waals surface area contributed by atoms with Gasteiger partial charge >= 0.3 is 6.03 Å². The van der Waals surface area contributed by atoms with Crippen molar-refractivity contribution in [1.29, 1.82) is 0 Å². The van der Waals surface area contributed by atoms with Gasteiger partial charge in [-0.25, -0.2) is 4.79 Å². The summed E-state index contributed by atoms with van der Waals surface area (Å²) in [5.74, 6) is 1.02. The standard InChI is InChI=1S/C25H29N3O3/c1-16(2)17(3)28-14-21-22(24(28)29)23(26-25(30)27(21)4)19-11-8-12-20(13-19)31-15-18-9-6-5-7-10-18/h5-13,16-17,23H,14-15H2,1-4H3,(H,26,30)/t17-,23-/m0/s1. The topological polar surface area (TPSA) is 61.9 Å². The van der Waals surface area contributed by atoms with Gasteiger partial charge in [0.25, 0.3) is 5.91 Å². The second-order valence-electron chi connectivity index (χ2n) is 8.57. The molecule has 31 heavy (non-hydrogen) atoms. The lowest BCUT2D eigenvalue weighted by atomic mass is 9.95. The molecular formula is C25H29N3O3. The Bertz CT molecular complexity index is 1020. The molecular weight excluding hydrogens is 390 g/mol. The summed E-state index contributed by atoms with van der Waals surface area (Å²) in [6.07, 6.45) is 0. The molecule has 162 valence electrons. The molecule has 2 aliphatic rings. The zero-order chi connectivity index (χ0) is 22.1.